The summed E-state index contributed by atoms with van der Waals surface area (Å²) in [4.78, 5) is 26.9. The molecular weight excluding hydrogens is 366 g/mol. The highest BCUT2D eigenvalue weighted by atomic mass is 19.2. The number of imide groups is 1. The van der Waals surface area contributed by atoms with E-state index in [-0.39, 0.29) is 36.2 Å². The van der Waals surface area contributed by atoms with Crippen molar-refractivity contribution < 1.29 is 23.1 Å². The molecule has 146 valence electrons. The zero-order valence-electron chi connectivity index (χ0n) is 15.5. The number of nitrogens with one attached hydrogen (secondary N) is 1. The van der Waals surface area contributed by atoms with E-state index in [1.54, 1.807) is 30.3 Å². The zero-order chi connectivity index (χ0) is 20.3. The Morgan fingerprint density at radius 2 is 1.71 bits per heavy atom. The molecular formula is C21H20F2N2O3. The first-order chi connectivity index (χ1) is 13.4. The van der Waals surface area contributed by atoms with Gasteiger partial charge in [0.15, 0.2) is 11.6 Å². The fraction of sp³-hybridized carbons (Fsp3) is 0.238. The number of carbonyl (C=O) groups excluding carboxylic acids is 2. The van der Waals surface area contributed by atoms with Crippen LogP contribution in [-0.4, -0.2) is 36.0 Å². The Hall–Kier alpha value is -3.06. The molecule has 0 saturated carbocycles. The molecule has 7 heteroatoms. The van der Waals surface area contributed by atoms with Crippen molar-refractivity contribution in [2.45, 2.75) is 20.0 Å². The Morgan fingerprint density at radius 1 is 1.00 bits per heavy atom. The highest BCUT2D eigenvalue weighted by Gasteiger charge is 2.39. The Balaban J connectivity index is 1.95. The molecule has 0 spiro atoms. The summed E-state index contributed by atoms with van der Waals surface area (Å²) in [7, 11) is 0. The molecule has 0 radical (unpaired) electrons. The highest BCUT2D eigenvalue weighted by Crippen LogP contribution is 2.30. The van der Waals surface area contributed by atoms with Crippen molar-refractivity contribution in [3.8, 4) is 0 Å². The molecule has 0 fully saturated rings. The maximum atomic E-state index is 13.6. The van der Waals surface area contributed by atoms with Crippen LogP contribution in [0.5, 0.6) is 0 Å². The number of rotatable bonds is 7. The van der Waals surface area contributed by atoms with Crippen molar-refractivity contribution in [2.24, 2.45) is 0 Å². The number of carbonyl (C=O) groups is 2. The molecule has 1 aliphatic heterocycles. The number of hydrogen-bond donors (Lipinski definition) is 1. The maximum absolute atomic E-state index is 13.6. The van der Waals surface area contributed by atoms with Gasteiger partial charge in [-0.15, -0.1) is 0 Å². The van der Waals surface area contributed by atoms with Gasteiger partial charge in [-0.3, -0.25) is 14.5 Å². The predicted molar refractivity (Wildman–Crippen MR) is 101 cm³/mol. The lowest BCUT2D eigenvalue weighted by atomic mass is 10.0. The summed E-state index contributed by atoms with van der Waals surface area (Å²) in [6.45, 7) is 4.01. The van der Waals surface area contributed by atoms with Gasteiger partial charge in [0, 0.05) is 11.8 Å². The van der Waals surface area contributed by atoms with Crippen molar-refractivity contribution in [1.82, 2.24) is 4.90 Å². The van der Waals surface area contributed by atoms with E-state index in [0.717, 1.165) is 17.0 Å². The maximum Gasteiger partial charge on any atom is 0.278 e. The third-order valence-electron chi connectivity index (χ3n) is 4.19. The van der Waals surface area contributed by atoms with Gasteiger partial charge in [0.05, 0.1) is 24.8 Å². The number of ether oxygens (including phenoxy) is 1. The van der Waals surface area contributed by atoms with Crippen molar-refractivity contribution >= 4 is 23.1 Å². The summed E-state index contributed by atoms with van der Waals surface area (Å²) in [6.07, 6.45) is -0.0332. The van der Waals surface area contributed by atoms with E-state index in [1.807, 2.05) is 13.8 Å². The van der Waals surface area contributed by atoms with Crippen LogP contribution in [0.15, 0.2) is 54.2 Å². The Morgan fingerprint density at radius 3 is 2.36 bits per heavy atom. The van der Waals surface area contributed by atoms with Crippen molar-refractivity contribution in [3.05, 3.63) is 71.4 Å². The third-order valence-corrected chi connectivity index (χ3v) is 4.19. The molecule has 0 bridgehead atoms. The average molecular weight is 386 g/mol. The van der Waals surface area contributed by atoms with Crippen LogP contribution in [0.4, 0.5) is 14.5 Å². The van der Waals surface area contributed by atoms with Crippen LogP contribution >= 0.6 is 0 Å². The van der Waals surface area contributed by atoms with Gasteiger partial charge in [0.1, 0.15) is 5.70 Å². The van der Waals surface area contributed by atoms with Crippen molar-refractivity contribution in [2.75, 3.05) is 18.5 Å². The van der Waals surface area contributed by atoms with Gasteiger partial charge in [-0.05, 0) is 31.5 Å². The van der Waals surface area contributed by atoms with Gasteiger partial charge in [-0.2, -0.15) is 0 Å². The molecule has 1 heterocycles. The lowest BCUT2D eigenvalue weighted by molar-refractivity contribution is -0.137. The molecule has 28 heavy (non-hydrogen) atoms. The molecule has 0 aliphatic carbocycles. The number of anilines is 1. The van der Waals surface area contributed by atoms with E-state index < -0.39 is 23.4 Å². The van der Waals surface area contributed by atoms with Gasteiger partial charge < -0.3 is 10.1 Å². The molecule has 1 N–H and O–H groups in total. The monoisotopic (exact) mass is 386 g/mol. The zero-order valence-corrected chi connectivity index (χ0v) is 15.5. The first kappa shape index (κ1) is 19.7. The molecule has 0 atom stereocenters. The molecule has 3 rings (SSSR count). The Bertz CT molecular complexity index is 927. The van der Waals surface area contributed by atoms with Crippen LogP contribution in [0.3, 0.4) is 0 Å². The summed E-state index contributed by atoms with van der Waals surface area (Å²) in [5.41, 5.74) is 0.925. The van der Waals surface area contributed by atoms with Crippen molar-refractivity contribution in [1.29, 1.82) is 0 Å². The van der Waals surface area contributed by atoms with Gasteiger partial charge in [0.25, 0.3) is 11.8 Å². The molecule has 1 aliphatic rings. The van der Waals surface area contributed by atoms with Crippen LogP contribution in [0.25, 0.3) is 5.57 Å². The summed E-state index contributed by atoms with van der Waals surface area (Å²) >= 11 is 0. The number of halogens is 2. The second kappa shape index (κ2) is 8.31. The highest BCUT2D eigenvalue weighted by molar-refractivity contribution is 6.36. The standard InChI is InChI=1S/C21H20F2N2O3/c1-13(2)28-11-10-25-20(26)18(14-6-4-3-5-7-14)19(21(25)27)24-15-8-9-16(22)17(23)12-15/h3-9,12-13,24H,10-11H2,1-2H3. The predicted octanol–water partition coefficient (Wildman–Crippen LogP) is 3.58. The quantitative estimate of drug-likeness (QED) is 0.739. The second-order valence-electron chi connectivity index (χ2n) is 6.55. The van der Waals surface area contributed by atoms with Crippen LogP contribution in [0.1, 0.15) is 19.4 Å². The number of nitrogens with zero attached hydrogens (tertiary/aromatic N) is 1. The average Bonchev–Trinajstić information content (AvgIpc) is 2.89. The fourth-order valence-electron chi connectivity index (χ4n) is 2.87. The summed E-state index contributed by atoms with van der Waals surface area (Å²) in [6, 6.07) is 11.9. The minimum absolute atomic E-state index is 0.0201. The smallest absolute Gasteiger partial charge is 0.278 e. The number of hydrogen-bond acceptors (Lipinski definition) is 4. The van der Waals surface area contributed by atoms with Gasteiger partial charge in [-0.25, -0.2) is 8.78 Å². The Labute approximate surface area is 161 Å². The Kier molecular flexibility index (Phi) is 5.84. The van der Waals surface area contributed by atoms with E-state index in [1.165, 1.54) is 6.07 Å². The summed E-state index contributed by atoms with van der Waals surface area (Å²) < 4.78 is 32.2. The van der Waals surface area contributed by atoms with Crippen molar-refractivity contribution in [3.63, 3.8) is 0 Å². The van der Waals surface area contributed by atoms with E-state index in [0.29, 0.717) is 5.56 Å². The van der Waals surface area contributed by atoms with Crippen LogP contribution in [-0.2, 0) is 14.3 Å². The molecule has 0 saturated heterocycles. The third kappa shape index (κ3) is 4.09. The molecule has 2 aromatic carbocycles. The summed E-state index contributed by atoms with van der Waals surface area (Å²) in [5.74, 6) is -3.05. The van der Waals surface area contributed by atoms with Crippen LogP contribution < -0.4 is 5.32 Å². The number of amides is 2. The van der Waals surface area contributed by atoms with Crippen LogP contribution in [0.2, 0.25) is 0 Å². The number of benzene rings is 2. The van der Waals surface area contributed by atoms with E-state index in [9.17, 15) is 18.4 Å². The first-order valence-corrected chi connectivity index (χ1v) is 8.88. The lowest BCUT2D eigenvalue weighted by Gasteiger charge is -2.16. The summed E-state index contributed by atoms with van der Waals surface area (Å²) in [5, 5.41) is 2.79. The van der Waals surface area contributed by atoms with E-state index >= 15 is 0 Å². The molecule has 2 amide bonds. The fourth-order valence-corrected chi connectivity index (χ4v) is 2.87. The van der Waals surface area contributed by atoms with Gasteiger partial charge in [-0.1, -0.05) is 30.3 Å². The lowest BCUT2D eigenvalue weighted by Crippen LogP contribution is -2.35. The normalized spacial score (nSPS) is 14.4. The first-order valence-electron chi connectivity index (χ1n) is 8.88. The largest absolute Gasteiger partial charge is 0.377 e. The minimum atomic E-state index is -1.05. The van der Waals surface area contributed by atoms with Gasteiger partial charge in [0.2, 0.25) is 0 Å². The van der Waals surface area contributed by atoms with E-state index in [4.69, 9.17) is 4.74 Å². The molecule has 2 aromatic rings. The topological polar surface area (TPSA) is 58.6 Å². The second-order valence-corrected chi connectivity index (χ2v) is 6.55. The minimum Gasteiger partial charge on any atom is -0.377 e. The molecule has 5 nitrogen and oxygen atoms in total. The van der Waals surface area contributed by atoms with Crippen LogP contribution in [0, 0.1) is 11.6 Å². The molecule has 0 unspecified atom stereocenters. The van der Waals surface area contributed by atoms with E-state index in [2.05, 4.69) is 5.32 Å². The SMILES string of the molecule is CC(C)OCCN1C(=O)C(Nc2ccc(F)c(F)c2)=C(c2ccccc2)C1=O. The van der Waals surface area contributed by atoms with Gasteiger partial charge >= 0.3 is 0 Å². The molecule has 0 aromatic heterocycles.